The number of ketones is 1. The van der Waals surface area contributed by atoms with E-state index in [9.17, 15) is 18.0 Å². The summed E-state index contributed by atoms with van der Waals surface area (Å²) < 4.78 is 32.9. The van der Waals surface area contributed by atoms with Gasteiger partial charge in [-0.25, -0.2) is 4.79 Å². The Kier molecular flexibility index (Phi) is 4.99. The van der Waals surface area contributed by atoms with Crippen molar-refractivity contribution in [2.75, 3.05) is 12.4 Å². The zero-order chi connectivity index (χ0) is 17.9. The SMILES string of the molecule is COC(=O)Nc1ccc(S(=O)(=O)N=C2C=C(C)C(=O)C(C)=C2)cc1. The van der Waals surface area contributed by atoms with Gasteiger partial charge in [-0.15, -0.1) is 0 Å². The number of carbonyl (C=O) groups excluding carboxylic acids is 2. The van der Waals surface area contributed by atoms with E-state index in [-0.39, 0.29) is 16.4 Å². The van der Waals surface area contributed by atoms with Gasteiger partial charge < -0.3 is 4.74 Å². The number of nitrogens with zero attached hydrogens (tertiary/aromatic N) is 1. The molecule has 0 saturated carbocycles. The average Bonchev–Trinajstić information content (AvgIpc) is 2.52. The molecule has 0 aromatic heterocycles. The van der Waals surface area contributed by atoms with Crippen LogP contribution in [0, 0.1) is 0 Å². The smallest absolute Gasteiger partial charge is 0.411 e. The standard InChI is InChI=1S/C16H16N2O5S/c1-10-8-13(9-11(2)15(10)19)18-24(21,22)14-6-4-12(5-7-14)17-16(20)23-3/h4-9H,1-3H3,(H,17,20). The van der Waals surface area contributed by atoms with Crippen LogP contribution < -0.4 is 5.32 Å². The number of hydrogen-bond acceptors (Lipinski definition) is 5. The quantitative estimate of drug-likeness (QED) is 0.846. The van der Waals surface area contributed by atoms with Crippen LogP contribution in [0.1, 0.15) is 13.8 Å². The summed E-state index contributed by atoms with van der Waals surface area (Å²) in [5, 5.41) is 2.42. The molecular formula is C16H16N2O5S. The fraction of sp³-hybridized carbons (Fsp3) is 0.188. The zero-order valence-corrected chi connectivity index (χ0v) is 14.2. The van der Waals surface area contributed by atoms with E-state index in [1.54, 1.807) is 13.8 Å². The predicted molar refractivity (Wildman–Crippen MR) is 89.6 cm³/mol. The first-order valence-electron chi connectivity index (χ1n) is 6.94. The Balaban J connectivity index is 2.30. The van der Waals surface area contributed by atoms with Crippen LogP contribution in [-0.4, -0.2) is 33.1 Å². The van der Waals surface area contributed by atoms with Crippen molar-refractivity contribution in [3.05, 3.63) is 47.6 Å². The molecule has 0 atom stereocenters. The van der Waals surface area contributed by atoms with Crippen molar-refractivity contribution in [2.45, 2.75) is 18.7 Å². The Hall–Kier alpha value is -2.74. The number of Topliss-reactive ketones (excluding diaryl/α,β-unsaturated/α-hetero) is 1. The highest BCUT2D eigenvalue weighted by Gasteiger charge is 2.18. The van der Waals surface area contributed by atoms with Gasteiger partial charge in [0.25, 0.3) is 10.0 Å². The number of methoxy groups -OCH3 is 1. The van der Waals surface area contributed by atoms with Crippen LogP contribution in [0.15, 0.2) is 56.9 Å². The molecule has 126 valence electrons. The van der Waals surface area contributed by atoms with Crippen molar-refractivity contribution in [3.63, 3.8) is 0 Å². The zero-order valence-electron chi connectivity index (χ0n) is 13.4. The van der Waals surface area contributed by atoms with E-state index in [4.69, 9.17) is 0 Å². The molecule has 1 N–H and O–H groups in total. The van der Waals surface area contributed by atoms with Gasteiger partial charge in [-0.05, 0) is 61.4 Å². The summed E-state index contributed by atoms with van der Waals surface area (Å²) in [6.07, 6.45) is 2.21. The van der Waals surface area contributed by atoms with E-state index in [0.717, 1.165) is 0 Å². The van der Waals surface area contributed by atoms with Gasteiger partial charge in [0.2, 0.25) is 0 Å². The summed E-state index contributed by atoms with van der Waals surface area (Å²) in [4.78, 5) is 22.7. The first-order chi connectivity index (χ1) is 11.2. The molecule has 0 aliphatic heterocycles. The van der Waals surface area contributed by atoms with Crippen LogP contribution in [-0.2, 0) is 19.6 Å². The van der Waals surface area contributed by atoms with Crippen LogP contribution in [0.25, 0.3) is 0 Å². The van der Waals surface area contributed by atoms with Crippen LogP contribution in [0.4, 0.5) is 10.5 Å². The summed E-state index contributed by atoms with van der Waals surface area (Å²) in [6, 6.07) is 5.50. The highest BCUT2D eigenvalue weighted by molar-refractivity contribution is 7.90. The fourth-order valence-electron chi connectivity index (χ4n) is 2.05. The van der Waals surface area contributed by atoms with Crippen LogP contribution in [0.2, 0.25) is 0 Å². The Morgan fingerprint density at radius 1 is 1.08 bits per heavy atom. The molecule has 7 nitrogen and oxygen atoms in total. The van der Waals surface area contributed by atoms with E-state index in [0.29, 0.717) is 16.8 Å². The number of allylic oxidation sites excluding steroid dienone is 4. The molecule has 0 unspecified atom stereocenters. The van der Waals surface area contributed by atoms with Crippen molar-refractivity contribution in [2.24, 2.45) is 4.40 Å². The van der Waals surface area contributed by atoms with E-state index >= 15 is 0 Å². The molecule has 1 aliphatic rings. The predicted octanol–water partition coefficient (Wildman–Crippen LogP) is 2.47. The van der Waals surface area contributed by atoms with Crippen molar-refractivity contribution in [3.8, 4) is 0 Å². The molecule has 0 bridgehead atoms. The largest absolute Gasteiger partial charge is 0.453 e. The van der Waals surface area contributed by atoms with E-state index in [1.165, 1.54) is 43.5 Å². The van der Waals surface area contributed by atoms with Crippen LogP contribution >= 0.6 is 0 Å². The van der Waals surface area contributed by atoms with E-state index in [2.05, 4.69) is 14.5 Å². The highest BCUT2D eigenvalue weighted by Crippen LogP contribution is 2.19. The van der Waals surface area contributed by atoms with Gasteiger partial charge in [0.15, 0.2) is 5.78 Å². The maximum absolute atomic E-state index is 12.3. The molecule has 0 spiro atoms. The molecule has 1 aromatic carbocycles. The molecule has 0 fully saturated rings. The molecule has 24 heavy (non-hydrogen) atoms. The summed E-state index contributed by atoms with van der Waals surface area (Å²) in [7, 11) is -2.71. The highest BCUT2D eigenvalue weighted by atomic mass is 32.2. The normalized spacial score (nSPS) is 14.6. The van der Waals surface area contributed by atoms with E-state index in [1.807, 2.05) is 0 Å². The lowest BCUT2D eigenvalue weighted by Gasteiger charge is -2.09. The summed E-state index contributed by atoms with van der Waals surface area (Å²) in [5.74, 6) is -0.135. The third-order valence-corrected chi connectivity index (χ3v) is 4.57. The number of rotatable bonds is 3. The molecular weight excluding hydrogens is 332 g/mol. The van der Waals surface area contributed by atoms with Crippen LogP contribution in [0.5, 0.6) is 0 Å². The molecule has 1 amide bonds. The number of anilines is 1. The van der Waals surface area contributed by atoms with Gasteiger partial charge in [0.1, 0.15) is 0 Å². The minimum Gasteiger partial charge on any atom is -0.453 e. The van der Waals surface area contributed by atoms with E-state index < -0.39 is 16.1 Å². The van der Waals surface area contributed by atoms with Crippen LogP contribution in [0.3, 0.4) is 0 Å². The third-order valence-electron chi connectivity index (χ3n) is 3.25. The second-order valence-electron chi connectivity index (χ2n) is 5.12. The van der Waals surface area contributed by atoms with Crippen molar-refractivity contribution in [1.29, 1.82) is 0 Å². The number of carbonyl (C=O) groups is 2. The van der Waals surface area contributed by atoms with Crippen molar-refractivity contribution < 1.29 is 22.7 Å². The first-order valence-corrected chi connectivity index (χ1v) is 8.38. The van der Waals surface area contributed by atoms with Gasteiger partial charge in [-0.3, -0.25) is 10.1 Å². The number of amides is 1. The van der Waals surface area contributed by atoms with Crippen molar-refractivity contribution >= 4 is 33.3 Å². The molecule has 1 aliphatic carbocycles. The minimum absolute atomic E-state index is 0.0283. The lowest BCUT2D eigenvalue weighted by molar-refractivity contribution is -0.112. The van der Waals surface area contributed by atoms with Gasteiger partial charge >= 0.3 is 6.09 Å². The monoisotopic (exact) mass is 348 g/mol. The average molecular weight is 348 g/mol. The molecule has 0 saturated heterocycles. The number of nitrogens with one attached hydrogen (secondary N) is 1. The molecule has 0 radical (unpaired) electrons. The van der Waals surface area contributed by atoms with Crippen molar-refractivity contribution in [1.82, 2.24) is 0 Å². The number of ether oxygens (including phenoxy) is 1. The van der Waals surface area contributed by atoms with Gasteiger partial charge in [-0.2, -0.15) is 12.8 Å². The Morgan fingerprint density at radius 2 is 1.62 bits per heavy atom. The second-order valence-corrected chi connectivity index (χ2v) is 6.72. The Morgan fingerprint density at radius 3 is 2.12 bits per heavy atom. The number of hydrogen-bond donors (Lipinski definition) is 1. The number of sulfonamides is 1. The summed E-state index contributed by atoms with van der Waals surface area (Å²) >= 11 is 0. The van der Waals surface area contributed by atoms with Gasteiger partial charge in [0, 0.05) is 5.69 Å². The Labute approximate surface area is 139 Å². The molecule has 1 aromatic rings. The summed E-state index contributed by atoms with van der Waals surface area (Å²) in [5.41, 5.74) is 1.45. The minimum atomic E-state index is -3.93. The summed E-state index contributed by atoms with van der Waals surface area (Å²) in [6.45, 7) is 3.21. The molecule has 2 rings (SSSR count). The second kappa shape index (κ2) is 6.79. The third kappa shape index (κ3) is 3.96. The fourth-order valence-corrected chi connectivity index (χ4v) is 3.02. The molecule has 0 heterocycles. The maximum atomic E-state index is 12.3. The maximum Gasteiger partial charge on any atom is 0.411 e. The first kappa shape index (κ1) is 17.6. The number of benzene rings is 1. The Bertz CT molecular complexity index is 854. The molecule has 8 heteroatoms. The van der Waals surface area contributed by atoms with Gasteiger partial charge in [-0.1, -0.05) is 0 Å². The van der Waals surface area contributed by atoms with Gasteiger partial charge in [0.05, 0.1) is 17.7 Å². The lowest BCUT2D eigenvalue weighted by Crippen LogP contribution is -2.12. The lowest BCUT2D eigenvalue weighted by atomic mass is 9.98. The topological polar surface area (TPSA) is 102 Å².